The maximum Gasteiger partial charge on any atom is 0.217 e. The zero-order valence-electron chi connectivity index (χ0n) is 81.1. The smallest absolute Gasteiger partial charge is 0.217 e. The van der Waals surface area contributed by atoms with Gasteiger partial charge in [0, 0.05) is 41.5 Å². The summed E-state index contributed by atoms with van der Waals surface area (Å²) < 4.78 is 140. The van der Waals surface area contributed by atoms with Gasteiger partial charge in [-0.25, -0.2) is 0 Å². The van der Waals surface area contributed by atoms with Crippen molar-refractivity contribution in [3.8, 4) is 0 Å². The SMILES string of the molecule is CC(=O)N[C@@H]1[C@@H](O)[C@H](O[C@@H]2O[C@H](CO)[C@@H](O[C@@H]3O[C@H](CO[C@H]4O[C@H](CO[C@@H]5O[C@H](CO)[C@@H](O[C@@H]6O[C@H](CO)[C@H](O)[C@H](O)[C@H]6O[C@@H]6O[C@@H](C)[C@@H](O)[C@@H](O)[C@@H]6O)[C@H](O)[C@H]5NC(C)=O)[C@@H](O)[C@H](O)[C@@H]4O[C@@H]4O[C@H](CO)[C@@H](O[C@@H]5O[C@H](CO)[C@H](O)[C@H](O)[C@H]5O)[C@H](O)[C@H]4NC(C)=O)[C@@H](O)[C@H](O[C@H]4O[C@H](CO)[C@@H](O[C@@H]5O[C@H](CO)[C@@H](O)[C@H](O)[C@H]5NC(C)=O)[C@H](O)[C@@H]4O[C@@H]4O[C@H](CO)[C@@H](O)[C@H](O)[C@H]4NC(C)=O)[C@@H]3O)[C@H](O)[C@H]2NC(C)=O)[C@@H](CO)O[C@H]1O. The summed E-state index contributed by atoms with van der Waals surface area (Å²) in [4.78, 5) is 78.1. The molecule has 150 heavy (non-hydrogen) atoms. The fourth-order valence-corrected chi connectivity index (χ4v) is 19.5. The van der Waals surface area contributed by atoms with E-state index in [1.165, 1.54) is 6.92 Å². The molecule has 866 valence electrons. The van der Waals surface area contributed by atoms with Crippen LogP contribution in [0.1, 0.15) is 48.5 Å². The highest BCUT2D eigenvalue weighted by molar-refractivity contribution is 5.75. The predicted octanol–water partition coefficient (Wildman–Crippen LogP) is -25.3. The molecule has 0 bridgehead atoms. The van der Waals surface area contributed by atoms with Crippen molar-refractivity contribution < 1.29 is 296 Å². The van der Waals surface area contributed by atoms with E-state index in [9.17, 15) is 187 Å². The minimum atomic E-state index is -2.77. The molecule has 6 amide bonds. The van der Waals surface area contributed by atoms with Crippen molar-refractivity contribution in [3.05, 3.63) is 0 Å². The first-order chi connectivity index (χ1) is 70.9. The normalized spacial score (nSPS) is 48.8. The molecule has 0 radical (unpaired) electrons. The molecule has 12 heterocycles. The second kappa shape index (κ2) is 54.0. The van der Waals surface area contributed by atoms with Gasteiger partial charge in [-0.2, -0.15) is 0 Å². The third kappa shape index (κ3) is 27.5. The van der Waals surface area contributed by atoms with Crippen LogP contribution >= 0.6 is 0 Å². The van der Waals surface area contributed by atoms with Gasteiger partial charge < -0.3 is 299 Å². The Morgan fingerprint density at radius 2 is 0.413 bits per heavy atom. The number of carbonyl (C=O) groups excluding carboxylic acids is 6. The molecule has 0 unspecified atom stereocenters. The van der Waals surface area contributed by atoms with E-state index in [1.807, 2.05) is 0 Å². The molecule has 12 fully saturated rings. The average Bonchev–Trinajstić information content (AvgIpc) is 0.723. The van der Waals surface area contributed by atoms with Crippen LogP contribution in [-0.2, 0) is 138 Å². The molecular weight excluding hydrogens is 2050 g/mol. The molecule has 37 N–H and O–H groups in total. The maximum atomic E-state index is 13.4. The van der Waals surface area contributed by atoms with Crippen LogP contribution in [0, 0.1) is 0 Å². The summed E-state index contributed by atoms with van der Waals surface area (Å²) >= 11 is 0. The van der Waals surface area contributed by atoms with E-state index in [2.05, 4.69) is 31.9 Å². The molecule has 66 heteroatoms. The molecular formula is C84H140N6O60. The van der Waals surface area contributed by atoms with Gasteiger partial charge in [-0.05, 0) is 6.92 Å². The third-order valence-corrected chi connectivity index (χ3v) is 27.4. The highest BCUT2D eigenvalue weighted by Crippen LogP contribution is 2.43. The summed E-state index contributed by atoms with van der Waals surface area (Å²) in [5, 5.41) is 368. The van der Waals surface area contributed by atoms with E-state index < -0.39 is 476 Å². The van der Waals surface area contributed by atoms with Crippen LogP contribution in [0.4, 0.5) is 0 Å². The van der Waals surface area contributed by atoms with E-state index >= 15 is 0 Å². The molecule has 0 aliphatic carbocycles. The topological polar surface area (TPSA) is 1010 Å². The molecule has 0 aromatic rings. The first kappa shape index (κ1) is 123. The second-order valence-electron chi connectivity index (χ2n) is 38.1. The number of rotatable bonds is 39. The fourth-order valence-electron chi connectivity index (χ4n) is 19.5. The van der Waals surface area contributed by atoms with Crippen LogP contribution in [-0.4, -0.2) is 635 Å². The molecule has 60 atom stereocenters. The number of nitrogens with one attached hydrogen (secondary N) is 6. The second-order valence-corrected chi connectivity index (χ2v) is 38.1. The number of aliphatic hydroxyl groups excluding tert-OH is 31. The van der Waals surface area contributed by atoms with Crippen LogP contribution in [0.3, 0.4) is 0 Å². The Kier molecular flexibility index (Phi) is 44.4. The average molecular weight is 2190 g/mol. The molecule has 0 aromatic heterocycles. The monoisotopic (exact) mass is 2190 g/mol. The van der Waals surface area contributed by atoms with Crippen molar-refractivity contribution in [2.45, 2.75) is 417 Å². The lowest BCUT2D eigenvalue weighted by Gasteiger charge is -2.52. The van der Waals surface area contributed by atoms with Crippen LogP contribution in [0.25, 0.3) is 0 Å². The molecule has 12 rings (SSSR count). The van der Waals surface area contributed by atoms with Crippen LogP contribution in [0.15, 0.2) is 0 Å². The summed E-state index contributed by atoms with van der Waals surface area (Å²) in [7, 11) is 0. The van der Waals surface area contributed by atoms with Crippen LogP contribution < -0.4 is 31.9 Å². The van der Waals surface area contributed by atoms with Crippen molar-refractivity contribution in [3.63, 3.8) is 0 Å². The Labute approximate surface area is 849 Å². The first-order valence-electron chi connectivity index (χ1n) is 48.0. The van der Waals surface area contributed by atoms with Gasteiger partial charge >= 0.3 is 0 Å². The van der Waals surface area contributed by atoms with Gasteiger partial charge in [0.1, 0.15) is 287 Å². The predicted molar refractivity (Wildman–Crippen MR) is 463 cm³/mol. The number of hydrogen-bond donors (Lipinski definition) is 37. The van der Waals surface area contributed by atoms with Crippen molar-refractivity contribution >= 4 is 35.4 Å². The summed E-state index contributed by atoms with van der Waals surface area (Å²) in [5.41, 5.74) is 0. The summed E-state index contributed by atoms with van der Waals surface area (Å²) in [6, 6.07) is -11.7. The van der Waals surface area contributed by atoms with E-state index in [0.29, 0.717) is 0 Å². The van der Waals surface area contributed by atoms with Gasteiger partial charge in [-0.15, -0.1) is 0 Å². The van der Waals surface area contributed by atoms with Gasteiger partial charge in [0.05, 0.1) is 78.8 Å². The van der Waals surface area contributed by atoms with E-state index in [-0.39, 0.29) is 0 Å². The van der Waals surface area contributed by atoms with Gasteiger partial charge in [-0.3, -0.25) is 28.8 Å². The Bertz CT molecular complexity index is 4250. The minimum absolute atomic E-state index is 0.844. The van der Waals surface area contributed by atoms with E-state index in [1.54, 1.807) is 0 Å². The Balaban J connectivity index is 0.934. The van der Waals surface area contributed by atoms with Gasteiger partial charge in [0.15, 0.2) is 75.5 Å². The number of aliphatic hydroxyl groups is 31. The molecule has 12 saturated heterocycles. The van der Waals surface area contributed by atoms with Crippen molar-refractivity contribution in [1.29, 1.82) is 0 Å². The van der Waals surface area contributed by atoms with Crippen molar-refractivity contribution in [2.75, 3.05) is 72.7 Å². The van der Waals surface area contributed by atoms with Crippen molar-refractivity contribution in [2.24, 2.45) is 0 Å². The van der Waals surface area contributed by atoms with Crippen molar-refractivity contribution in [1.82, 2.24) is 31.9 Å². The summed E-state index contributed by atoms with van der Waals surface area (Å²) in [6.45, 7) is -6.44. The quantitative estimate of drug-likeness (QED) is 0.0272. The van der Waals surface area contributed by atoms with Crippen LogP contribution in [0.5, 0.6) is 0 Å². The highest BCUT2D eigenvalue weighted by atomic mass is 16.8. The number of ether oxygens (including phenoxy) is 23. The molecule has 66 nitrogen and oxygen atoms in total. The van der Waals surface area contributed by atoms with Crippen LogP contribution in [0.2, 0.25) is 0 Å². The summed E-state index contributed by atoms with van der Waals surface area (Å²) in [6.07, 6.45) is -117. The van der Waals surface area contributed by atoms with Gasteiger partial charge in [-0.1, -0.05) is 0 Å². The van der Waals surface area contributed by atoms with E-state index in [4.69, 9.17) is 109 Å². The molecule has 0 spiro atoms. The first-order valence-corrected chi connectivity index (χ1v) is 48.0. The zero-order chi connectivity index (χ0) is 110. The largest absolute Gasteiger partial charge is 0.394 e. The Morgan fingerprint density at radius 3 is 0.813 bits per heavy atom. The van der Waals surface area contributed by atoms with E-state index in [0.717, 1.165) is 41.5 Å². The zero-order valence-corrected chi connectivity index (χ0v) is 81.1. The lowest BCUT2D eigenvalue weighted by molar-refractivity contribution is -0.403. The Morgan fingerprint density at radius 1 is 0.187 bits per heavy atom. The minimum Gasteiger partial charge on any atom is -0.394 e. The lowest BCUT2D eigenvalue weighted by Crippen LogP contribution is -2.71. The molecule has 12 aliphatic heterocycles. The lowest BCUT2D eigenvalue weighted by atomic mass is 9.93. The fraction of sp³-hybridized carbons (Fsp3) is 0.929. The standard InChI is InChI=1S/C84H140N6O60/c1-19-43(106)56(119)60(123)79(130-19)150-71-58(121)47(110)29(11-94)135-83(71)146-67-31(13-96)136-74(40(53(67)116)88-23(5)103)128-17-35-48(111)59(122)70(148-78-42(90-25(7)105)55(118)65(32(14-97)138-78)144-80-61(124)57(120)46(109)28(10-93)134-80)82(141-35)129-18-36-49(112)69(63(126)81(140-36)145-66-33(15-98)137-77(41(54(66)117)89-24(6)104)142-64-30(12-95)131-73(127)37(52(64)115)85-20(2)100)147-84-72(149-76-39(87-22(4)102)51(114)45(108)27(9-92)133-76)62(125)68(34(16-99)139-84)143-75-38(86-21(3)101)50(113)44(107)26(8-91)132-75/h19,26-84,91-99,106-127H,8-18H2,1-7H3,(H,85,100)(H,86,101)(H,87,102)(H,88,103)(H,89,104)(H,90,105)/t19-,26+,27+,28+,29+,30+,31+,32+,33+,34+,35+,36+,37+,38+,39+,40+,41+,42+,43+,44+,45+,46-,47-,48+,49+,50+,51+,52+,53+,54+,55+,56+,57-,58-,59-,60-,61+,62-,63-,64+,65+,66+,67+,68+,69-,70-,71+,72-,73+,74+,75-,76-,77-,78-,79-,80-,81-,82-,83-,84+/m0/s1. The molecule has 0 aromatic carbocycles. The van der Waals surface area contributed by atoms with Gasteiger partial charge in [0.2, 0.25) is 35.4 Å². The number of amides is 6. The number of carbonyl (C=O) groups is 6. The number of hydrogen-bond acceptors (Lipinski definition) is 60. The Hall–Kier alpha value is -5.34. The molecule has 12 aliphatic rings. The molecule has 0 saturated carbocycles. The maximum absolute atomic E-state index is 13.4. The summed E-state index contributed by atoms with van der Waals surface area (Å²) in [5.74, 6) is -5.83. The third-order valence-electron chi connectivity index (χ3n) is 27.4. The highest BCUT2D eigenvalue weighted by Gasteiger charge is 2.64. The van der Waals surface area contributed by atoms with Gasteiger partial charge in [0.25, 0.3) is 0 Å².